The molecule has 0 radical (unpaired) electrons. The van der Waals surface area contributed by atoms with Crippen LogP contribution >= 0.6 is 11.5 Å². The summed E-state index contributed by atoms with van der Waals surface area (Å²) in [5.74, 6) is -1.23. The average Bonchev–Trinajstić information content (AvgIpc) is 2.66. The van der Waals surface area contributed by atoms with E-state index in [0.717, 1.165) is 18.0 Å². The van der Waals surface area contributed by atoms with Gasteiger partial charge in [0.05, 0.1) is 12.0 Å². The molecule has 1 aliphatic rings. The summed E-state index contributed by atoms with van der Waals surface area (Å²) in [6.45, 7) is 0. The van der Waals surface area contributed by atoms with E-state index in [2.05, 4.69) is 14.9 Å². The molecule has 0 unspecified atom stereocenters. The maximum atomic E-state index is 11.7. The predicted molar refractivity (Wildman–Crippen MR) is 56.2 cm³/mol. The second-order valence-corrected chi connectivity index (χ2v) is 4.56. The highest BCUT2D eigenvalue weighted by Gasteiger charge is 2.40. The van der Waals surface area contributed by atoms with Crippen LogP contribution in [0.5, 0.6) is 0 Å². The molecule has 0 spiro atoms. The van der Waals surface area contributed by atoms with Crippen molar-refractivity contribution in [3.8, 4) is 0 Å². The Morgan fingerprint density at radius 3 is 2.75 bits per heavy atom. The molecule has 0 saturated heterocycles. The summed E-state index contributed by atoms with van der Waals surface area (Å²) in [4.78, 5) is 22.4. The van der Waals surface area contributed by atoms with Crippen LogP contribution < -0.4 is 5.32 Å². The van der Waals surface area contributed by atoms with Crippen molar-refractivity contribution in [2.24, 2.45) is 0 Å². The van der Waals surface area contributed by atoms with Gasteiger partial charge in [0.1, 0.15) is 0 Å². The van der Waals surface area contributed by atoms with Crippen molar-refractivity contribution in [2.45, 2.75) is 31.2 Å². The van der Waals surface area contributed by atoms with E-state index in [9.17, 15) is 9.59 Å². The summed E-state index contributed by atoms with van der Waals surface area (Å²) in [6.07, 6.45) is 2.34. The molecule has 1 fully saturated rings. The van der Waals surface area contributed by atoms with Crippen molar-refractivity contribution in [1.82, 2.24) is 14.9 Å². The maximum absolute atomic E-state index is 11.7. The zero-order chi connectivity index (χ0) is 11.6. The first-order valence-electron chi connectivity index (χ1n) is 4.93. The highest BCUT2D eigenvalue weighted by atomic mass is 32.1. The molecule has 1 aliphatic carbocycles. The standard InChI is InChI=1S/C9H11N3O3S/c13-7(14)4-9(2-1-3-9)10-8(15)6-5-16-12-11-6/h5H,1-4H2,(H,10,15)(H,13,14). The van der Waals surface area contributed by atoms with E-state index in [1.165, 1.54) is 0 Å². The first-order chi connectivity index (χ1) is 7.61. The maximum Gasteiger partial charge on any atom is 0.305 e. The SMILES string of the molecule is O=C(O)CC1(NC(=O)c2csnn2)CCC1. The third-order valence-corrected chi connectivity index (χ3v) is 3.28. The van der Waals surface area contributed by atoms with Gasteiger partial charge in [0.2, 0.25) is 0 Å². The van der Waals surface area contributed by atoms with Crippen LogP contribution in [0.4, 0.5) is 0 Å². The van der Waals surface area contributed by atoms with E-state index in [0.29, 0.717) is 12.8 Å². The van der Waals surface area contributed by atoms with Crippen LogP contribution in [0.1, 0.15) is 36.2 Å². The number of carboxylic acids is 1. The molecular weight excluding hydrogens is 230 g/mol. The Balaban J connectivity index is 2.02. The predicted octanol–water partition coefficient (Wildman–Crippen LogP) is 0.665. The lowest BCUT2D eigenvalue weighted by molar-refractivity contribution is -0.139. The number of carbonyl (C=O) groups is 2. The van der Waals surface area contributed by atoms with Crippen molar-refractivity contribution in [3.63, 3.8) is 0 Å². The number of hydrogen-bond acceptors (Lipinski definition) is 5. The minimum Gasteiger partial charge on any atom is -0.481 e. The number of carboxylic acid groups (broad SMARTS) is 1. The number of rotatable bonds is 4. The summed E-state index contributed by atoms with van der Waals surface area (Å²) >= 11 is 1.10. The van der Waals surface area contributed by atoms with Gasteiger partial charge >= 0.3 is 5.97 Å². The van der Waals surface area contributed by atoms with Gasteiger partial charge in [-0.3, -0.25) is 9.59 Å². The van der Waals surface area contributed by atoms with Crippen LogP contribution in [0.3, 0.4) is 0 Å². The number of amides is 1. The Morgan fingerprint density at radius 1 is 1.56 bits per heavy atom. The largest absolute Gasteiger partial charge is 0.481 e. The molecule has 2 rings (SSSR count). The Morgan fingerprint density at radius 2 is 2.31 bits per heavy atom. The molecule has 0 atom stereocenters. The smallest absolute Gasteiger partial charge is 0.305 e. The van der Waals surface area contributed by atoms with Gasteiger partial charge in [-0.05, 0) is 30.8 Å². The zero-order valence-electron chi connectivity index (χ0n) is 8.47. The average molecular weight is 241 g/mol. The number of aliphatic carboxylic acids is 1. The molecule has 2 N–H and O–H groups in total. The first-order valence-corrected chi connectivity index (χ1v) is 5.76. The molecule has 0 aliphatic heterocycles. The molecule has 7 heteroatoms. The Bertz CT molecular complexity index is 400. The molecular formula is C9H11N3O3S. The van der Waals surface area contributed by atoms with Gasteiger partial charge in [-0.2, -0.15) is 0 Å². The summed E-state index contributed by atoms with van der Waals surface area (Å²) < 4.78 is 3.59. The number of hydrogen-bond donors (Lipinski definition) is 2. The molecule has 16 heavy (non-hydrogen) atoms. The van der Waals surface area contributed by atoms with Gasteiger partial charge in [-0.1, -0.05) is 4.49 Å². The van der Waals surface area contributed by atoms with Crippen LogP contribution in [-0.2, 0) is 4.79 Å². The van der Waals surface area contributed by atoms with Crippen LogP contribution in [0.25, 0.3) is 0 Å². The second-order valence-electron chi connectivity index (χ2n) is 3.95. The van der Waals surface area contributed by atoms with Crippen molar-refractivity contribution in [2.75, 3.05) is 0 Å². The third-order valence-electron chi connectivity index (χ3n) is 2.77. The quantitative estimate of drug-likeness (QED) is 0.808. The van der Waals surface area contributed by atoms with Gasteiger partial charge in [0.15, 0.2) is 5.69 Å². The van der Waals surface area contributed by atoms with E-state index in [1.807, 2.05) is 0 Å². The lowest BCUT2D eigenvalue weighted by atomic mass is 9.74. The fourth-order valence-corrected chi connectivity index (χ4v) is 2.24. The molecule has 1 saturated carbocycles. The monoisotopic (exact) mass is 241 g/mol. The third kappa shape index (κ3) is 2.19. The molecule has 1 aromatic heterocycles. The van der Waals surface area contributed by atoms with E-state index in [1.54, 1.807) is 5.38 Å². The number of carbonyl (C=O) groups excluding carboxylic acids is 1. The Labute approximate surface area is 95.8 Å². The van der Waals surface area contributed by atoms with Gasteiger partial charge in [0.25, 0.3) is 5.91 Å². The molecule has 86 valence electrons. The summed E-state index contributed by atoms with van der Waals surface area (Å²) in [5, 5.41) is 16.7. The van der Waals surface area contributed by atoms with E-state index < -0.39 is 11.5 Å². The molecule has 1 amide bonds. The fraction of sp³-hybridized carbons (Fsp3) is 0.556. The fourth-order valence-electron chi connectivity index (χ4n) is 1.81. The number of nitrogens with zero attached hydrogens (tertiary/aromatic N) is 2. The molecule has 6 nitrogen and oxygen atoms in total. The topological polar surface area (TPSA) is 92.2 Å². The Hall–Kier alpha value is -1.50. The van der Waals surface area contributed by atoms with Crippen molar-refractivity contribution >= 4 is 23.4 Å². The van der Waals surface area contributed by atoms with E-state index >= 15 is 0 Å². The van der Waals surface area contributed by atoms with Crippen LogP contribution in [0.15, 0.2) is 5.38 Å². The van der Waals surface area contributed by atoms with Gasteiger partial charge in [0, 0.05) is 5.38 Å². The van der Waals surface area contributed by atoms with Gasteiger partial charge in [-0.15, -0.1) is 5.10 Å². The van der Waals surface area contributed by atoms with Gasteiger partial charge in [-0.25, -0.2) is 0 Å². The highest BCUT2D eigenvalue weighted by Crippen LogP contribution is 2.35. The number of aromatic nitrogens is 2. The zero-order valence-corrected chi connectivity index (χ0v) is 9.29. The van der Waals surface area contributed by atoms with Crippen LogP contribution in [0.2, 0.25) is 0 Å². The van der Waals surface area contributed by atoms with Crippen LogP contribution in [-0.4, -0.2) is 32.1 Å². The molecule has 1 aromatic rings. The highest BCUT2D eigenvalue weighted by molar-refractivity contribution is 7.03. The first kappa shape index (κ1) is 11.0. The lowest BCUT2D eigenvalue weighted by Gasteiger charge is -2.41. The Kier molecular flexibility index (Phi) is 2.86. The van der Waals surface area contributed by atoms with Crippen LogP contribution in [0, 0.1) is 0 Å². The molecule has 1 heterocycles. The van der Waals surface area contributed by atoms with Gasteiger partial charge < -0.3 is 10.4 Å². The van der Waals surface area contributed by atoms with Crippen molar-refractivity contribution in [3.05, 3.63) is 11.1 Å². The van der Waals surface area contributed by atoms with E-state index in [-0.39, 0.29) is 18.0 Å². The summed E-state index contributed by atoms with van der Waals surface area (Å²) in [6, 6.07) is 0. The van der Waals surface area contributed by atoms with E-state index in [4.69, 9.17) is 5.11 Å². The van der Waals surface area contributed by atoms with Crippen molar-refractivity contribution in [1.29, 1.82) is 0 Å². The second kappa shape index (κ2) is 4.17. The normalized spacial score (nSPS) is 17.5. The van der Waals surface area contributed by atoms with Crippen molar-refractivity contribution < 1.29 is 14.7 Å². The minimum atomic E-state index is -0.892. The summed E-state index contributed by atoms with van der Waals surface area (Å²) in [7, 11) is 0. The summed E-state index contributed by atoms with van der Waals surface area (Å²) in [5.41, 5.74) is -0.325. The minimum absolute atomic E-state index is 0.0314. The lowest BCUT2D eigenvalue weighted by Crippen LogP contribution is -2.54. The molecule has 0 bridgehead atoms. The molecule has 0 aromatic carbocycles. The number of nitrogens with one attached hydrogen (secondary N) is 1.